The summed E-state index contributed by atoms with van der Waals surface area (Å²) in [5.41, 5.74) is 1.62. The molecule has 1 heterocycles. The SMILES string of the molecule is Cc1cc(CCC(C(=O)O)N2CCCC2)ccc1F. The molecule has 1 aliphatic rings. The second-order valence-corrected chi connectivity index (χ2v) is 5.22. The van der Waals surface area contributed by atoms with Crippen molar-refractivity contribution in [1.29, 1.82) is 0 Å². The molecule has 0 aromatic heterocycles. The molecule has 0 amide bonds. The van der Waals surface area contributed by atoms with E-state index in [-0.39, 0.29) is 5.82 Å². The number of aryl methyl sites for hydroxylation is 2. The quantitative estimate of drug-likeness (QED) is 0.889. The molecule has 1 aromatic rings. The predicted octanol–water partition coefficient (Wildman–Crippen LogP) is 2.62. The Bertz CT molecular complexity index is 455. The number of carboxylic acid groups (broad SMARTS) is 1. The van der Waals surface area contributed by atoms with E-state index in [0.29, 0.717) is 18.4 Å². The molecule has 1 N–H and O–H groups in total. The lowest BCUT2D eigenvalue weighted by Crippen LogP contribution is -2.39. The van der Waals surface area contributed by atoms with Gasteiger partial charge in [0.05, 0.1) is 0 Å². The van der Waals surface area contributed by atoms with Gasteiger partial charge in [0.2, 0.25) is 0 Å². The first kappa shape index (κ1) is 14.0. The van der Waals surface area contributed by atoms with Gasteiger partial charge in [-0.3, -0.25) is 9.69 Å². The van der Waals surface area contributed by atoms with Gasteiger partial charge in [0.15, 0.2) is 0 Å². The van der Waals surface area contributed by atoms with Crippen molar-refractivity contribution in [3.8, 4) is 0 Å². The lowest BCUT2D eigenvalue weighted by atomic mass is 10.0. The summed E-state index contributed by atoms with van der Waals surface area (Å²) in [5.74, 6) is -0.959. The van der Waals surface area contributed by atoms with E-state index in [0.717, 1.165) is 31.5 Å². The van der Waals surface area contributed by atoms with Crippen LogP contribution in [0.15, 0.2) is 18.2 Å². The summed E-state index contributed by atoms with van der Waals surface area (Å²) in [4.78, 5) is 13.4. The molecule has 0 aliphatic carbocycles. The van der Waals surface area contributed by atoms with Crippen LogP contribution in [-0.4, -0.2) is 35.1 Å². The van der Waals surface area contributed by atoms with Crippen LogP contribution in [0.4, 0.5) is 4.39 Å². The van der Waals surface area contributed by atoms with Gasteiger partial charge in [0.1, 0.15) is 11.9 Å². The molecule has 1 atom stereocenters. The van der Waals surface area contributed by atoms with Gasteiger partial charge in [0, 0.05) is 0 Å². The number of rotatable bonds is 5. The van der Waals surface area contributed by atoms with E-state index in [1.165, 1.54) is 6.07 Å². The number of carbonyl (C=O) groups is 1. The van der Waals surface area contributed by atoms with Gasteiger partial charge in [-0.25, -0.2) is 4.39 Å². The first-order valence-corrected chi connectivity index (χ1v) is 6.80. The zero-order chi connectivity index (χ0) is 13.8. The third-order valence-electron chi connectivity index (χ3n) is 3.80. The van der Waals surface area contributed by atoms with E-state index < -0.39 is 12.0 Å². The van der Waals surface area contributed by atoms with Crippen molar-refractivity contribution in [2.75, 3.05) is 13.1 Å². The molecule has 0 bridgehead atoms. The minimum absolute atomic E-state index is 0.210. The van der Waals surface area contributed by atoms with Crippen molar-refractivity contribution >= 4 is 5.97 Å². The Labute approximate surface area is 113 Å². The minimum atomic E-state index is -0.749. The molecule has 1 fully saturated rings. The molecule has 1 unspecified atom stereocenters. The fourth-order valence-corrected chi connectivity index (χ4v) is 2.68. The molecule has 104 valence electrons. The second kappa shape index (κ2) is 6.15. The zero-order valence-corrected chi connectivity index (χ0v) is 11.2. The summed E-state index contributed by atoms with van der Waals surface area (Å²) in [5, 5.41) is 9.31. The van der Waals surface area contributed by atoms with E-state index in [1.807, 2.05) is 4.90 Å². The van der Waals surface area contributed by atoms with Crippen LogP contribution < -0.4 is 0 Å². The highest BCUT2D eigenvalue weighted by molar-refractivity contribution is 5.73. The average molecular weight is 265 g/mol. The summed E-state index contributed by atoms with van der Waals surface area (Å²) in [6.45, 7) is 3.48. The predicted molar refractivity (Wildman–Crippen MR) is 71.7 cm³/mol. The van der Waals surface area contributed by atoms with E-state index >= 15 is 0 Å². The largest absolute Gasteiger partial charge is 0.480 e. The summed E-state index contributed by atoms with van der Waals surface area (Å²) >= 11 is 0. The molecular formula is C15H20FNO2. The van der Waals surface area contributed by atoms with Crippen LogP contribution in [0.3, 0.4) is 0 Å². The maximum absolute atomic E-state index is 13.2. The fraction of sp³-hybridized carbons (Fsp3) is 0.533. The van der Waals surface area contributed by atoms with Crippen LogP contribution >= 0.6 is 0 Å². The monoisotopic (exact) mass is 265 g/mol. The van der Waals surface area contributed by atoms with E-state index in [9.17, 15) is 14.3 Å². The van der Waals surface area contributed by atoms with Gasteiger partial charge in [-0.2, -0.15) is 0 Å². The number of nitrogens with zero attached hydrogens (tertiary/aromatic N) is 1. The highest BCUT2D eigenvalue weighted by atomic mass is 19.1. The van der Waals surface area contributed by atoms with Crippen molar-refractivity contribution in [3.63, 3.8) is 0 Å². The fourth-order valence-electron chi connectivity index (χ4n) is 2.68. The zero-order valence-electron chi connectivity index (χ0n) is 11.2. The second-order valence-electron chi connectivity index (χ2n) is 5.22. The Hall–Kier alpha value is -1.42. The van der Waals surface area contributed by atoms with Gasteiger partial charge < -0.3 is 5.11 Å². The lowest BCUT2D eigenvalue weighted by molar-refractivity contribution is -0.143. The van der Waals surface area contributed by atoms with Crippen molar-refractivity contribution in [1.82, 2.24) is 4.90 Å². The highest BCUT2D eigenvalue weighted by Gasteiger charge is 2.27. The molecule has 2 rings (SSSR count). The molecule has 1 saturated heterocycles. The number of carboxylic acids is 1. The Morgan fingerprint density at radius 1 is 1.42 bits per heavy atom. The molecule has 0 saturated carbocycles. The first-order valence-electron chi connectivity index (χ1n) is 6.80. The Kier molecular flexibility index (Phi) is 4.53. The van der Waals surface area contributed by atoms with Crippen LogP contribution in [0.25, 0.3) is 0 Å². The van der Waals surface area contributed by atoms with Crippen LogP contribution in [0.5, 0.6) is 0 Å². The average Bonchev–Trinajstić information content (AvgIpc) is 2.87. The van der Waals surface area contributed by atoms with Gasteiger partial charge in [-0.1, -0.05) is 12.1 Å². The maximum Gasteiger partial charge on any atom is 0.320 e. The van der Waals surface area contributed by atoms with Crippen molar-refractivity contribution < 1.29 is 14.3 Å². The van der Waals surface area contributed by atoms with Crippen molar-refractivity contribution in [3.05, 3.63) is 35.1 Å². The summed E-state index contributed by atoms with van der Waals surface area (Å²) < 4.78 is 13.2. The number of likely N-dealkylation sites (tertiary alicyclic amines) is 1. The van der Waals surface area contributed by atoms with E-state index in [1.54, 1.807) is 19.1 Å². The van der Waals surface area contributed by atoms with E-state index in [4.69, 9.17) is 0 Å². The Balaban J connectivity index is 1.98. The number of hydrogen-bond donors (Lipinski definition) is 1. The van der Waals surface area contributed by atoms with Gasteiger partial charge >= 0.3 is 5.97 Å². The van der Waals surface area contributed by atoms with Crippen LogP contribution in [0.1, 0.15) is 30.4 Å². The molecule has 1 aliphatic heterocycles. The number of benzene rings is 1. The van der Waals surface area contributed by atoms with Crippen LogP contribution in [0, 0.1) is 12.7 Å². The molecule has 1 aromatic carbocycles. The smallest absolute Gasteiger partial charge is 0.320 e. The third-order valence-corrected chi connectivity index (χ3v) is 3.80. The molecule has 0 radical (unpaired) electrons. The van der Waals surface area contributed by atoms with Crippen molar-refractivity contribution in [2.24, 2.45) is 0 Å². The number of aliphatic carboxylic acids is 1. The Morgan fingerprint density at radius 2 is 2.11 bits per heavy atom. The normalized spacial score (nSPS) is 17.6. The third kappa shape index (κ3) is 3.53. The van der Waals surface area contributed by atoms with Gasteiger partial charge in [0.25, 0.3) is 0 Å². The van der Waals surface area contributed by atoms with Crippen molar-refractivity contribution in [2.45, 2.75) is 38.6 Å². The summed E-state index contributed by atoms with van der Waals surface area (Å²) in [6, 6.07) is 4.59. The molecular weight excluding hydrogens is 245 g/mol. The topological polar surface area (TPSA) is 40.5 Å². The molecule has 19 heavy (non-hydrogen) atoms. The molecule has 4 heteroatoms. The number of hydrogen-bond acceptors (Lipinski definition) is 2. The summed E-state index contributed by atoms with van der Waals surface area (Å²) in [6.07, 6.45) is 3.42. The lowest BCUT2D eigenvalue weighted by Gasteiger charge is -2.23. The Morgan fingerprint density at radius 3 is 2.68 bits per heavy atom. The standard InChI is InChI=1S/C15H20FNO2/c1-11-10-12(4-6-13(11)16)5-7-14(15(18)19)17-8-2-3-9-17/h4,6,10,14H,2-3,5,7-9H2,1H3,(H,18,19). The van der Waals surface area contributed by atoms with Crippen LogP contribution in [-0.2, 0) is 11.2 Å². The number of halogens is 1. The molecule has 0 spiro atoms. The summed E-state index contributed by atoms with van der Waals surface area (Å²) in [7, 11) is 0. The van der Waals surface area contributed by atoms with Gasteiger partial charge in [-0.15, -0.1) is 0 Å². The molecule has 3 nitrogen and oxygen atoms in total. The minimum Gasteiger partial charge on any atom is -0.480 e. The highest BCUT2D eigenvalue weighted by Crippen LogP contribution is 2.18. The van der Waals surface area contributed by atoms with Gasteiger partial charge in [-0.05, 0) is 62.9 Å². The first-order chi connectivity index (χ1) is 9.08. The van der Waals surface area contributed by atoms with E-state index in [2.05, 4.69) is 0 Å². The maximum atomic E-state index is 13.2. The van der Waals surface area contributed by atoms with Crippen LogP contribution in [0.2, 0.25) is 0 Å².